The largest absolute Gasteiger partial charge is 0.342 e. The van der Waals surface area contributed by atoms with Gasteiger partial charge in [0, 0.05) is 34.2 Å². The van der Waals surface area contributed by atoms with E-state index in [1.807, 2.05) is 26.0 Å². The van der Waals surface area contributed by atoms with Crippen molar-refractivity contribution in [1.29, 1.82) is 0 Å². The van der Waals surface area contributed by atoms with Crippen LogP contribution in [0, 0.1) is 27.7 Å². The quantitative estimate of drug-likeness (QED) is 0.349. The van der Waals surface area contributed by atoms with Crippen LogP contribution < -0.4 is 5.32 Å². The number of hydrogen-bond donors (Lipinski definition) is 1. The summed E-state index contributed by atoms with van der Waals surface area (Å²) in [5, 5.41) is 4.26. The maximum absolute atomic E-state index is 12.6. The second-order valence-corrected chi connectivity index (χ2v) is 9.24. The Hall–Kier alpha value is -2.98. The normalized spacial score (nSPS) is 11.1. The van der Waals surface area contributed by atoms with Gasteiger partial charge in [-0.3, -0.25) is 4.79 Å². The van der Waals surface area contributed by atoms with Crippen LogP contribution in [-0.2, 0) is 11.3 Å². The molecule has 4 aromatic rings. The molecule has 0 spiro atoms. The summed E-state index contributed by atoms with van der Waals surface area (Å²) < 4.78 is 2.29. The smallest absolute Gasteiger partial charge is 0.234 e. The Morgan fingerprint density at radius 1 is 0.903 bits per heavy atom. The Morgan fingerprint density at radius 3 is 2.42 bits per heavy atom. The van der Waals surface area contributed by atoms with Gasteiger partial charge in [0.2, 0.25) is 5.91 Å². The monoisotopic (exact) mass is 428 g/mol. The molecule has 4 rings (SSSR count). The van der Waals surface area contributed by atoms with Crippen LogP contribution in [0.4, 0.5) is 5.69 Å². The fourth-order valence-electron chi connectivity index (χ4n) is 3.81. The molecular formula is C27H28N2OS. The number of carbonyl (C=O) groups excluding carboxylic acids is 1. The average Bonchev–Trinajstić information content (AvgIpc) is 3.09. The molecule has 4 heteroatoms. The number of aromatic nitrogens is 1. The second kappa shape index (κ2) is 9.03. The van der Waals surface area contributed by atoms with Gasteiger partial charge < -0.3 is 9.88 Å². The maximum atomic E-state index is 12.6. The molecule has 0 saturated carbocycles. The van der Waals surface area contributed by atoms with Crippen LogP contribution in [0.3, 0.4) is 0 Å². The van der Waals surface area contributed by atoms with Gasteiger partial charge in [0.05, 0.1) is 5.75 Å². The zero-order valence-corrected chi connectivity index (χ0v) is 19.3. The standard InChI is InChI=1S/C27H28N2OS/c1-18-9-11-20(3)22(13-18)15-29-16-26(23-7-5-6-8-25(23)29)31-17-27(30)28-24-14-19(2)10-12-21(24)4/h5-14,16H,15,17H2,1-4H3,(H,28,30). The predicted octanol–water partition coefficient (Wildman–Crippen LogP) is 6.65. The molecule has 1 aromatic heterocycles. The Bertz CT molecular complexity index is 1260. The number of carbonyl (C=O) groups is 1. The SMILES string of the molecule is Cc1ccc(C)c(Cn2cc(SCC(=O)Nc3cc(C)ccc3C)c3ccccc32)c1. The summed E-state index contributed by atoms with van der Waals surface area (Å²) in [6.07, 6.45) is 2.18. The maximum Gasteiger partial charge on any atom is 0.234 e. The molecular weight excluding hydrogens is 400 g/mol. The number of hydrogen-bond acceptors (Lipinski definition) is 2. The van der Waals surface area contributed by atoms with E-state index >= 15 is 0 Å². The van der Waals surface area contributed by atoms with E-state index in [0.29, 0.717) is 5.75 Å². The molecule has 0 radical (unpaired) electrons. The number of anilines is 1. The predicted molar refractivity (Wildman–Crippen MR) is 132 cm³/mol. The number of amides is 1. The Labute approximate surface area is 188 Å². The van der Waals surface area contributed by atoms with Crippen LogP contribution in [0.2, 0.25) is 0 Å². The third-order valence-electron chi connectivity index (χ3n) is 5.62. The van der Waals surface area contributed by atoms with Crippen molar-refractivity contribution >= 4 is 34.3 Å². The summed E-state index contributed by atoms with van der Waals surface area (Å²) in [6, 6.07) is 21.1. The highest BCUT2D eigenvalue weighted by Crippen LogP contribution is 2.31. The highest BCUT2D eigenvalue weighted by Gasteiger charge is 2.12. The third kappa shape index (κ3) is 4.86. The zero-order chi connectivity index (χ0) is 22.0. The first-order valence-corrected chi connectivity index (χ1v) is 11.5. The number of para-hydroxylation sites is 1. The first kappa shape index (κ1) is 21.3. The third-order valence-corrected chi connectivity index (χ3v) is 6.67. The van der Waals surface area contributed by atoms with Gasteiger partial charge >= 0.3 is 0 Å². The van der Waals surface area contributed by atoms with Crippen molar-refractivity contribution in [3.8, 4) is 0 Å². The van der Waals surface area contributed by atoms with Crippen LogP contribution in [-0.4, -0.2) is 16.2 Å². The van der Waals surface area contributed by atoms with Gasteiger partial charge in [-0.1, -0.05) is 54.1 Å². The minimum absolute atomic E-state index is 0.0186. The number of benzene rings is 3. The topological polar surface area (TPSA) is 34.0 Å². The van der Waals surface area contributed by atoms with Crippen LogP contribution in [0.5, 0.6) is 0 Å². The van der Waals surface area contributed by atoms with Gasteiger partial charge in [0.15, 0.2) is 0 Å². The molecule has 3 aromatic carbocycles. The van der Waals surface area contributed by atoms with Crippen LogP contribution in [0.15, 0.2) is 71.8 Å². The summed E-state index contributed by atoms with van der Waals surface area (Å²) in [4.78, 5) is 13.8. The lowest BCUT2D eigenvalue weighted by molar-refractivity contribution is -0.113. The fourth-order valence-corrected chi connectivity index (χ4v) is 4.70. The summed E-state index contributed by atoms with van der Waals surface area (Å²) in [7, 11) is 0. The lowest BCUT2D eigenvalue weighted by Crippen LogP contribution is -2.14. The molecule has 0 bridgehead atoms. The lowest BCUT2D eigenvalue weighted by Gasteiger charge is -2.10. The second-order valence-electron chi connectivity index (χ2n) is 8.22. The Kier molecular flexibility index (Phi) is 6.19. The minimum atomic E-state index is 0.0186. The summed E-state index contributed by atoms with van der Waals surface area (Å²) in [5.74, 6) is 0.398. The van der Waals surface area contributed by atoms with E-state index < -0.39 is 0 Å². The number of nitrogens with zero attached hydrogens (tertiary/aromatic N) is 1. The van der Waals surface area contributed by atoms with Crippen molar-refractivity contribution in [3.05, 3.63) is 94.7 Å². The van der Waals surface area contributed by atoms with E-state index in [2.05, 4.69) is 78.5 Å². The molecule has 0 aliphatic rings. The zero-order valence-electron chi connectivity index (χ0n) is 18.5. The molecule has 1 amide bonds. The van der Waals surface area contributed by atoms with E-state index in [1.165, 1.54) is 27.6 Å². The van der Waals surface area contributed by atoms with E-state index in [0.717, 1.165) is 28.3 Å². The molecule has 1 heterocycles. The fraction of sp³-hybridized carbons (Fsp3) is 0.222. The number of thioether (sulfide) groups is 1. The highest BCUT2D eigenvalue weighted by molar-refractivity contribution is 8.00. The van der Waals surface area contributed by atoms with Crippen molar-refractivity contribution in [2.24, 2.45) is 0 Å². The minimum Gasteiger partial charge on any atom is -0.342 e. The van der Waals surface area contributed by atoms with E-state index in [9.17, 15) is 4.79 Å². The van der Waals surface area contributed by atoms with Crippen LogP contribution in [0.1, 0.15) is 27.8 Å². The highest BCUT2D eigenvalue weighted by atomic mass is 32.2. The average molecular weight is 429 g/mol. The van der Waals surface area contributed by atoms with Gasteiger partial charge in [-0.25, -0.2) is 0 Å². The molecule has 0 unspecified atom stereocenters. The van der Waals surface area contributed by atoms with Gasteiger partial charge in [-0.15, -0.1) is 11.8 Å². The van der Waals surface area contributed by atoms with E-state index in [-0.39, 0.29) is 5.91 Å². The summed E-state index contributed by atoms with van der Waals surface area (Å²) in [5.41, 5.74) is 8.20. The van der Waals surface area contributed by atoms with E-state index in [4.69, 9.17) is 0 Å². The number of rotatable bonds is 6. The van der Waals surface area contributed by atoms with E-state index in [1.54, 1.807) is 11.8 Å². The molecule has 0 atom stereocenters. The summed E-state index contributed by atoms with van der Waals surface area (Å²) in [6.45, 7) is 9.17. The molecule has 158 valence electrons. The van der Waals surface area contributed by atoms with Crippen molar-refractivity contribution < 1.29 is 4.79 Å². The molecule has 0 aliphatic carbocycles. The first-order valence-electron chi connectivity index (χ1n) is 10.5. The van der Waals surface area contributed by atoms with Crippen LogP contribution in [0.25, 0.3) is 10.9 Å². The number of nitrogens with one attached hydrogen (secondary N) is 1. The van der Waals surface area contributed by atoms with Gasteiger partial charge in [0.25, 0.3) is 0 Å². The number of fused-ring (bicyclic) bond motifs is 1. The lowest BCUT2D eigenvalue weighted by atomic mass is 10.1. The molecule has 0 saturated heterocycles. The van der Waals surface area contributed by atoms with Gasteiger partial charge in [-0.05, 0) is 62.1 Å². The summed E-state index contributed by atoms with van der Waals surface area (Å²) >= 11 is 1.59. The molecule has 0 aliphatic heterocycles. The van der Waals surface area contributed by atoms with Gasteiger partial charge in [0.1, 0.15) is 0 Å². The molecule has 1 N–H and O–H groups in total. The molecule has 3 nitrogen and oxygen atoms in total. The Morgan fingerprint density at radius 2 is 1.61 bits per heavy atom. The Balaban J connectivity index is 1.54. The van der Waals surface area contributed by atoms with Crippen molar-refractivity contribution in [2.45, 2.75) is 39.1 Å². The van der Waals surface area contributed by atoms with Gasteiger partial charge in [-0.2, -0.15) is 0 Å². The first-order chi connectivity index (χ1) is 14.9. The molecule has 0 fully saturated rings. The van der Waals surface area contributed by atoms with Crippen LogP contribution >= 0.6 is 11.8 Å². The van der Waals surface area contributed by atoms with Crippen molar-refractivity contribution in [1.82, 2.24) is 4.57 Å². The number of aryl methyl sites for hydroxylation is 4. The van der Waals surface area contributed by atoms with Crippen molar-refractivity contribution in [3.63, 3.8) is 0 Å². The molecule has 31 heavy (non-hydrogen) atoms. The van der Waals surface area contributed by atoms with Crippen molar-refractivity contribution in [2.75, 3.05) is 11.1 Å².